The van der Waals surface area contributed by atoms with Gasteiger partial charge in [0.1, 0.15) is 0 Å². The van der Waals surface area contributed by atoms with Gasteiger partial charge < -0.3 is 10.4 Å². The van der Waals surface area contributed by atoms with Gasteiger partial charge in [0, 0.05) is 13.7 Å². The van der Waals surface area contributed by atoms with E-state index in [2.05, 4.69) is 43.8 Å². The zero-order chi connectivity index (χ0) is 14.0. The van der Waals surface area contributed by atoms with E-state index in [1.54, 1.807) is 12.1 Å². The molecule has 2 aromatic rings. The fourth-order valence-electron chi connectivity index (χ4n) is 1.68. The number of hydrogen-bond donors (Lipinski definition) is 2. The highest BCUT2D eigenvalue weighted by Gasteiger charge is 2.10. The zero-order valence-electron chi connectivity index (χ0n) is 10.1. The Morgan fingerprint density at radius 1 is 1.26 bits per heavy atom. The summed E-state index contributed by atoms with van der Waals surface area (Å²) in [5.74, 6) is -0.938. The Kier molecular flexibility index (Phi) is 4.46. The summed E-state index contributed by atoms with van der Waals surface area (Å²) in [6.07, 6.45) is 0. The summed E-state index contributed by atoms with van der Waals surface area (Å²) in [5, 5.41) is 12.3. The van der Waals surface area contributed by atoms with Crippen LogP contribution in [0, 0.1) is 10.5 Å². The van der Waals surface area contributed by atoms with E-state index >= 15 is 0 Å². The molecule has 2 N–H and O–H groups in total. The van der Waals surface area contributed by atoms with E-state index < -0.39 is 5.97 Å². The molecule has 19 heavy (non-hydrogen) atoms. The number of anilines is 2. The highest BCUT2D eigenvalue weighted by molar-refractivity contribution is 14.1. The van der Waals surface area contributed by atoms with Crippen molar-refractivity contribution in [3.63, 3.8) is 0 Å². The monoisotopic (exact) mass is 431 g/mol. The van der Waals surface area contributed by atoms with E-state index in [1.807, 2.05) is 31.2 Å². The van der Waals surface area contributed by atoms with Gasteiger partial charge in [-0.3, -0.25) is 0 Å². The Bertz CT molecular complexity index is 643. The Morgan fingerprint density at radius 2 is 2.00 bits per heavy atom. The molecule has 0 saturated heterocycles. The third-order valence-electron chi connectivity index (χ3n) is 2.60. The average Bonchev–Trinajstić information content (AvgIpc) is 2.33. The lowest BCUT2D eigenvalue weighted by molar-refractivity contribution is 0.0698. The second-order valence-corrected chi connectivity index (χ2v) is 6.12. The van der Waals surface area contributed by atoms with Crippen LogP contribution in [0.1, 0.15) is 15.9 Å². The number of rotatable bonds is 3. The Labute approximate surface area is 133 Å². The minimum Gasteiger partial charge on any atom is -0.478 e. The molecule has 5 heteroatoms. The molecule has 0 spiro atoms. The number of hydrogen-bond acceptors (Lipinski definition) is 2. The maximum atomic E-state index is 11.2. The molecule has 0 saturated carbocycles. The molecule has 0 heterocycles. The van der Waals surface area contributed by atoms with Crippen molar-refractivity contribution in [3.8, 4) is 0 Å². The van der Waals surface area contributed by atoms with Crippen LogP contribution >= 0.6 is 38.5 Å². The average molecular weight is 432 g/mol. The summed E-state index contributed by atoms with van der Waals surface area (Å²) in [6, 6.07) is 11.0. The van der Waals surface area contributed by atoms with Crippen LogP contribution in [0.25, 0.3) is 0 Å². The Balaban J connectivity index is 2.39. The van der Waals surface area contributed by atoms with Gasteiger partial charge in [-0.2, -0.15) is 0 Å². The molecule has 2 rings (SSSR count). The third-order valence-corrected chi connectivity index (χ3v) is 4.94. The molecule has 98 valence electrons. The van der Waals surface area contributed by atoms with E-state index in [-0.39, 0.29) is 5.56 Å². The van der Waals surface area contributed by atoms with Crippen LogP contribution in [-0.2, 0) is 0 Å². The molecule has 0 aliphatic rings. The Hall–Kier alpha value is -1.08. The van der Waals surface area contributed by atoms with Gasteiger partial charge in [0.25, 0.3) is 0 Å². The summed E-state index contributed by atoms with van der Waals surface area (Å²) in [7, 11) is 0. The van der Waals surface area contributed by atoms with Gasteiger partial charge in [-0.25, -0.2) is 4.79 Å². The second kappa shape index (κ2) is 5.92. The van der Waals surface area contributed by atoms with Crippen LogP contribution in [0.15, 0.2) is 40.9 Å². The maximum absolute atomic E-state index is 11.2. The highest BCUT2D eigenvalue weighted by Crippen LogP contribution is 2.27. The van der Waals surface area contributed by atoms with Gasteiger partial charge in [-0.15, -0.1) is 0 Å². The molecule has 0 radical (unpaired) electrons. The molecule has 0 bridgehead atoms. The van der Waals surface area contributed by atoms with Crippen molar-refractivity contribution in [2.75, 3.05) is 5.32 Å². The summed E-state index contributed by atoms with van der Waals surface area (Å²) < 4.78 is 2.08. The number of carboxylic acid groups (broad SMARTS) is 1. The van der Waals surface area contributed by atoms with Gasteiger partial charge in [-0.1, -0.05) is 6.07 Å². The predicted molar refractivity (Wildman–Crippen MR) is 88.3 cm³/mol. The van der Waals surface area contributed by atoms with Gasteiger partial charge in [0.05, 0.1) is 11.3 Å². The lowest BCUT2D eigenvalue weighted by atomic mass is 10.1. The number of aryl methyl sites for hydroxylation is 1. The second-order valence-electron chi connectivity index (χ2n) is 4.11. The molecule has 0 aromatic heterocycles. The number of nitrogens with one attached hydrogen (secondary N) is 1. The van der Waals surface area contributed by atoms with Crippen molar-refractivity contribution < 1.29 is 9.90 Å². The fraction of sp³-hybridized carbons (Fsp3) is 0.0714. The predicted octanol–water partition coefficient (Wildman–Crippen LogP) is 4.80. The summed E-state index contributed by atoms with van der Waals surface area (Å²) >= 11 is 5.68. The smallest absolute Gasteiger partial charge is 0.337 e. The normalized spacial score (nSPS) is 10.3. The molecule has 0 atom stereocenters. The van der Waals surface area contributed by atoms with Crippen LogP contribution in [-0.4, -0.2) is 11.1 Å². The standard InChI is InChI=1S/C14H11BrINO2/c1-8-2-4-10(14(18)19)13(6-8)17-9-3-5-12(16)11(15)7-9/h2-7,17H,1H3,(H,18,19). The van der Waals surface area contributed by atoms with Gasteiger partial charge in [0.2, 0.25) is 0 Å². The molecule has 0 fully saturated rings. The van der Waals surface area contributed by atoms with Crippen molar-refractivity contribution in [3.05, 3.63) is 55.6 Å². The number of benzene rings is 2. The first kappa shape index (κ1) is 14.3. The first-order chi connectivity index (χ1) is 8.97. The summed E-state index contributed by atoms with van der Waals surface area (Å²) in [5.41, 5.74) is 2.72. The largest absolute Gasteiger partial charge is 0.478 e. The first-order valence-electron chi connectivity index (χ1n) is 5.53. The van der Waals surface area contributed by atoms with Crippen molar-refractivity contribution in [1.29, 1.82) is 0 Å². The van der Waals surface area contributed by atoms with Crippen LogP contribution in [0.3, 0.4) is 0 Å². The summed E-state index contributed by atoms with van der Waals surface area (Å²) in [6.45, 7) is 1.93. The topological polar surface area (TPSA) is 49.3 Å². The molecule has 0 aliphatic carbocycles. The molecular weight excluding hydrogens is 421 g/mol. The minimum absolute atomic E-state index is 0.264. The van der Waals surface area contributed by atoms with Crippen molar-refractivity contribution in [2.45, 2.75) is 6.92 Å². The van der Waals surface area contributed by atoms with Crippen molar-refractivity contribution in [1.82, 2.24) is 0 Å². The lowest BCUT2D eigenvalue weighted by Crippen LogP contribution is -2.03. The SMILES string of the molecule is Cc1ccc(C(=O)O)c(Nc2ccc(I)c(Br)c2)c1. The van der Waals surface area contributed by atoms with Crippen molar-refractivity contribution in [2.24, 2.45) is 0 Å². The molecule has 2 aromatic carbocycles. The molecule has 0 aliphatic heterocycles. The van der Waals surface area contributed by atoms with E-state index in [1.165, 1.54) is 0 Å². The fourth-order valence-corrected chi connectivity index (χ4v) is 2.39. The highest BCUT2D eigenvalue weighted by atomic mass is 127. The van der Waals surface area contributed by atoms with Crippen LogP contribution in [0.5, 0.6) is 0 Å². The maximum Gasteiger partial charge on any atom is 0.337 e. The molecule has 0 unspecified atom stereocenters. The zero-order valence-corrected chi connectivity index (χ0v) is 13.8. The number of carbonyl (C=O) groups is 1. The van der Waals surface area contributed by atoms with E-state index in [4.69, 9.17) is 0 Å². The lowest BCUT2D eigenvalue weighted by Gasteiger charge is -2.11. The molecular formula is C14H11BrINO2. The first-order valence-corrected chi connectivity index (χ1v) is 7.40. The van der Waals surface area contributed by atoms with E-state index in [9.17, 15) is 9.90 Å². The Morgan fingerprint density at radius 3 is 2.63 bits per heavy atom. The number of halogens is 2. The van der Waals surface area contributed by atoms with Crippen molar-refractivity contribution >= 4 is 55.9 Å². The van der Waals surface area contributed by atoms with E-state index in [0.29, 0.717) is 5.69 Å². The number of carboxylic acids is 1. The van der Waals surface area contributed by atoms with Gasteiger partial charge in [-0.05, 0) is 81.3 Å². The van der Waals surface area contributed by atoms with Gasteiger partial charge in [0.15, 0.2) is 0 Å². The minimum atomic E-state index is -0.938. The van der Waals surface area contributed by atoms with E-state index in [0.717, 1.165) is 19.3 Å². The van der Waals surface area contributed by atoms with Crippen LogP contribution in [0.2, 0.25) is 0 Å². The molecule has 0 amide bonds. The van der Waals surface area contributed by atoms with Crippen LogP contribution in [0.4, 0.5) is 11.4 Å². The third kappa shape index (κ3) is 3.48. The van der Waals surface area contributed by atoms with Crippen LogP contribution < -0.4 is 5.32 Å². The summed E-state index contributed by atoms with van der Waals surface area (Å²) in [4.78, 5) is 11.2. The molecule has 3 nitrogen and oxygen atoms in total. The quantitative estimate of drug-likeness (QED) is 0.686. The number of aromatic carboxylic acids is 1. The van der Waals surface area contributed by atoms with Gasteiger partial charge >= 0.3 is 5.97 Å².